The topological polar surface area (TPSA) is 142 Å². The molecule has 1 aliphatic heterocycles. The highest BCUT2D eigenvalue weighted by Crippen LogP contribution is 2.39. The van der Waals surface area contributed by atoms with Crippen molar-refractivity contribution in [3.05, 3.63) is 100 Å². The Labute approximate surface area is 205 Å². The Bertz CT molecular complexity index is 1540. The molecule has 4 aromatic rings. The van der Waals surface area contributed by atoms with Gasteiger partial charge in [-0.25, -0.2) is 4.98 Å². The fraction of sp³-hybridized carbons (Fsp3) is 0.0385. The number of rotatable bonds is 6. The number of hydrogen-bond acceptors (Lipinski definition) is 6. The minimum Gasteiger partial charge on any atom is -0.354 e. The van der Waals surface area contributed by atoms with Gasteiger partial charge >= 0.3 is 0 Å². The van der Waals surface area contributed by atoms with Crippen molar-refractivity contribution in [2.75, 3.05) is 16.0 Å². The van der Waals surface area contributed by atoms with Crippen LogP contribution in [-0.2, 0) is 9.59 Å². The van der Waals surface area contributed by atoms with Gasteiger partial charge in [0.2, 0.25) is 11.9 Å². The van der Waals surface area contributed by atoms with Crippen LogP contribution in [0.5, 0.6) is 0 Å². The van der Waals surface area contributed by atoms with Gasteiger partial charge in [0.15, 0.2) is 0 Å². The Hall–Kier alpha value is -5.25. The number of hydrogen-bond donors (Lipinski definition) is 4. The second kappa shape index (κ2) is 9.18. The summed E-state index contributed by atoms with van der Waals surface area (Å²) in [6, 6.07) is 21.0. The summed E-state index contributed by atoms with van der Waals surface area (Å²) < 4.78 is 0. The number of fused-ring (bicyclic) bond motifs is 1. The molecule has 178 valence electrons. The van der Waals surface area contributed by atoms with E-state index < -0.39 is 4.92 Å². The number of nitrogens with one attached hydrogen (secondary N) is 4. The third kappa shape index (κ3) is 4.42. The van der Waals surface area contributed by atoms with Crippen molar-refractivity contribution in [3.63, 3.8) is 0 Å². The molecule has 10 nitrogen and oxygen atoms in total. The lowest BCUT2D eigenvalue weighted by Gasteiger charge is -2.15. The molecule has 0 radical (unpaired) electrons. The molecule has 0 saturated carbocycles. The van der Waals surface area contributed by atoms with Crippen LogP contribution in [0.25, 0.3) is 22.5 Å². The van der Waals surface area contributed by atoms with Crippen LogP contribution in [0.1, 0.15) is 18.1 Å². The highest BCUT2D eigenvalue weighted by Gasteiger charge is 2.30. The first-order valence-electron chi connectivity index (χ1n) is 11.0. The van der Waals surface area contributed by atoms with Crippen molar-refractivity contribution in [1.29, 1.82) is 0 Å². The van der Waals surface area contributed by atoms with Gasteiger partial charge < -0.3 is 15.6 Å². The monoisotopic (exact) mass is 480 g/mol. The molecule has 5 rings (SSSR count). The number of nitrogens with zero attached hydrogens (tertiary/aromatic N) is 2. The predicted molar refractivity (Wildman–Crippen MR) is 137 cm³/mol. The summed E-state index contributed by atoms with van der Waals surface area (Å²) in [4.78, 5) is 42.6. The zero-order valence-electron chi connectivity index (χ0n) is 19.0. The number of amides is 2. The molecule has 0 saturated heterocycles. The minimum atomic E-state index is -0.487. The van der Waals surface area contributed by atoms with E-state index in [1.54, 1.807) is 6.20 Å². The summed E-state index contributed by atoms with van der Waals surface area (Å²) in [5, 5.41) is 20.1. The number of carbonyl (C=O) groups excluding carboxylic acids is 2. The lowest BCUT2D eigenvalue weighted by molar-refractivity contribution is -0.384. The van der Waals surface area contributed by atoms with Crippen LogP contribution < -0.4 is 16.0 Å². The summed E-state index contributed by atoms with van der Waals surface area (Å²) in [7, 11) is 0. The van der Waals surface area contributed by atoms with Crippen molar-refractivity contribution in [3.8, 4) is 11.3 Å². The highest BCUT2D eigenvalue weighted by atomic mass is 16.6. The number of nitro groups is 1. The molecule has 0 atom stereocenters. The standard InChI is InChI=1S/C26H20N6O4/c1-15(33)28-26-27-14-22(31-26)17-8-5-9-18(12-17)29-24(16-6-3-2-4-7-16)23-20-13-19(32(35)36)10-11-21(20)30-25(23)34/h2-14,29H,1H3,(H,30,34)(H2,27,28,31,33)/b24-23-. The molecule has 0 fully saturated rings. The molecule has 0 bridgehead atoms. The van der Waals surface area contributed by atoms with Gasteiger partial charge in [-0.05, 0) is 23.8 Å². The number of non-ortho nitro benzene ring substituents is 1. The first-order valence-corrected chi connectivity index (χ1v) is 11.0. The van der Waals surface area contributed by atoms with E-state index in [0.717, 1.165) is 11.1 Å². The molecule has 2 amide bonds. The number of anilines is 3. The van der Waals surface area contributed by atoms with Crippen molar-refractivity contribution in [1.82, 2.24) is 9.97 Å². The molecule has 2 heterocycles. The molecule has 0 unspecified atom stereocenters. The van der Waals surface area contributed by atoms with Crippen LogP contribution in [0.2, 0.25) is 0 Å². The second-order valence-electron chi connectivity index (χ2n) is 8.08. The molecule has 0 spiro atoms. The predicted octanol–water partition coefficient (Wildman–Crippen LogP) is 4.88. The summed E-state index contributed by atoms with van der Waals surface area (Å²) in [5.41, 5.74) is 4.47. The molecule has 4 N–H and O–H groups in total. The van der Waals surface area contributed by atoms with Gasteiger partial charge in [0, 0.05) is 47.8 Å². The largest absolute Gasteiger partial charge is 0.354 e. The van der Waals surface area contributed by atoms with Crippen molar-refractivity contribution in [2.45, 2.75) is 6.92 Å². The molecule has 1 aromatic heterocycles. The first kappa shape index (κ1) is 22.5. The smallest absolute Gasteiger partial charge is 0.270 e. The highest BCUT2D eigenvalue weighted by molar-refractivity contribution is 6.37. The average Bonchev–Trinajstić information content (AvgIpc) is 3.46. The van der Waals surface area contributed by atoms with Gasteiger partial charge in [0.05, 0.1) is 21.9 Å². The molecule has 0 aliphatic carbocycles. The SMILES string of the molecule is CC(=O)Nc1nc(-c2cccc(N/C(=C3\C(=O)Nc4ccc([N+](=O)[O-])cc43)c3ccccc3)c2)c[nH]1. The van der Waals surface area contributed by atoms with Gasteiger partial charge in [-0.3, -0.25) is 25.0 Å². The Morgan fingerprint density at radius 1 is 1.00 bits per heavy atom. The van der Waals surface area contributed by atoms with E-state index in [4.69, 9.17) is 0 Å². The summed E-state index contributed by atoms with van der Waals surface area (Å²) in [6.45, 7) is 1.40. The molecule has 36 heavy (non-hydrogen) atoms. The lowest BCUT2D eigenvalue weighted by atomic mass is 9.99. The fourth-order valence-corrected chi connectivity index (χ4v) is 4.00. The Morgan fingerprint density at radius 3 is 2.56 bits per heavy atom. The number of aromatic amines is 1. The van der Waals surface area contributed by atoms with E-state index >= 15 is 0 Å². The third-order valence-corrected chi connectivity index (χ3v) is 5.57. The lowest BCUT2D eigenvalue weighted by Crippen LogP contribution is -2.10. The number of benzene rings is 3. The molecular formula is C26H20N6O4. The van der Waals surface area contributed by atoms with E-state index in [1.165, 1.54) is 25.1 Å². The minimum absolute atomic E-state index is 0.106. The number of aromatic nitrogens is 2. The van der Waals surface area contributed by atoms with E-state index in [2.05, 4.69) is 25.9 Å². The Morgan fingerprint density at radius 2 is 1.81 bits per heavy atom. The number of nitro benzene ring substituents is 1. The molecule has 3 aromatic carbocycles. The third-order valence-electron chi connectivity index (χ3n) is 5.57. The van der Waals surface area contributed by atoms with Gasteiger partial charge in [0.1, 0.15) is 0 Å². The van der Waals surface area contributed by atoms with Crippen LogP contribution in [0, 0.1) is 10.1 Å². The van der Waals surface area contributed by atoms with Crippen molar-refractivity contribution >= 4 is 46.1 Å². The average molecular weight is 480 g/mol. The van der Waals surface area contributed by atoms with Gasteiger partial charge in [-0.1, -0.05) is 42.5 Å². The maximum absolute atomic E-state index is 13.1. The molecule has 10 heteroatoms. The van der Waals surface area contributed by atoms with Crippen LogP contribution >= 0.6 is 0 Å². The maximum atomic E-state index is 13.1. The summed E-state index contributed by atoms with van der Waals surface area (Å²) in [6.07, 6.45) is 1.68. The number of carbonyl (C=O) groups is 2. The van der Waals surface area contributed by atoms with Crippen molar-refractivity contribution < 1.29 is 14.5 Å². The Balaban J connectivity index is 1.59. The zero-order chi connectivity index (χ0) is 25.2. The molecule has 1 aliphatic rings. The van der Waals surface area contributed by atoms with Gasteiger partial charge in [-0.15, -0.1) is 0 Å². The van der Waals surface area contributed by atoms with Crippen LogP contribution in [0.3, 0.4) is 0 Å². The van der Waals surface area contributed by atoms with Gasteiger partial charge in [0.25, 0.3) is 11.6 Å². The number of H-pyrrole nitrogens is 1. The van der Waals surface area contributed by atoms with Crippen molar-refractivity contribution in [2.24, 2.45) is 0 Å². The van der Waals surface area contributed by atoms with Crippen LogP contribution in [-0.4, -0.2) is 26.7 Å². The normalized spacial score (nSPS) is 13.5. The Kier molecular flexibility index (Phi) is 5.75. The van der Waals surface area contributed by atoms with Gasteiger partial charge in [-0.2, -0.15) is 0 Å². The van der Waals surface area contributed by atoms with E-state index in [9.17, 15) is 19.7 Å². The van der Waals surface area contributed by atoms with E-state index in [1.807, 2.05) is 54.6 Å². The maximum Gasteiger partial charge on any atom is 0.270 e. The van der Waals surface area contributed by atoms with Crippen LogP contribution in [0.15, 0.2) is 79.0 Å². The first-order chi connectivity index (χ1) is 17.4. The summed E-state index contributed by atoms with van der Waals surface area (Å²) >= 11 is 0. The second-order valence-corrected chi connectivity index (χ2v) is 8.08. The van der Waals surface area contributed by atoms with E-state index in [-0.39, 0.29) is 17.5 Å². The van der Waals surface area contributed by atoms with Crippen LogP contribution in [0.4, 0.5) is 23.0 Å². The van der Waals surface area contributed by atoms with E-state index in [0.29, 0.717) is 39.9 Å². The fourth-order valence-electron chi connectivity index (χ4n) is 4.00. The number of imidazole rings is 1. The summed E-state index contributed by atoms with van der Waals surface area (Å²) in [5.74, 6) is -0.259. The quantitative estimate of drug-likeness (QED) is 0.176. The zero-order valence-corrected chi connectivity index (χ0v) is 19.0. The molecular weight excluding hydrogens is 460 g/mol.